The molecule has 0 saturated carbocycles. The lowest BCUT2D eigenvalue weighted by Crippen LogP contribution is -2.45. The third kappa shape index (κ3) is 3.53. The molecule has 0 radical (unpaired) electrons. The highest BCUT2D eigenvalue weighted by Crippen LogP contribution is 2.25. The smallest absolute Gasteiger partial charge is 0.255 e. The summed E-state index contributed by atoms with van der Waals surface area (Å²) in [4.78, 5) is 24.8. The van der Waals surface area contributed by atoms with Crippen LogP contribution in [-0.2, 0) is 6.54 Å². The van der Waals surface area contributed by atoms with E-state index < -0.39 is 0 Å². The molecule has 7 nitrogen and oxygen atoms in total. The molecule has 2 aromatic rings. The molecule has 0 bridgehead atoms. The van der Waals surface area contributed by atoms with Crippen LogP contribution in [-0.4, -0.2) is 87.7 Å². The topological polar surface area (TPSA) is 57.5 Å². The number of nitrogens with zero attached hydrogens (tertiary/aromatic N) is 6. The van der Waals surface area contributed by atoms with E-state index >= 15 is 0 Å². The number of pyridine rings is 1. The third-order valence-corrected chi connectivity index (χ3v) is 6.60. The first kappa shape index (κ1) is 19.3. The number of aromatic nitrogens is 3. The van der Waals surface area contributed by atoms with Crippen LogP contribution in [0.4, 0.5) is 0 Å². The standard InChI is InChI=1S/C21H32N6O/c1-5-27-20-16(13-22-27)12-19(15(2)23-20)21(28)25(4)18-8-11-26(14-18)17-6-9-24(3)10-7-17/h12-13,17-18H,5-11,14H2,1-4H3/t18-/m0/s1. The Kier molecular flexibility index (Phi) is 5.38. The zero-order valence-electron chi connectivity index (χ0n) is 17.6. The van der Waals surface area contributed by atoms with Gasteiger partial charge in [-0.05, 0) is 59.3 Å². The minimum atomic E-state index is 0.0753. The van der Waals surface area contributed by atoms with Crippen molar-refractivity contribution >= 4 is 16.9 Å². The Bertz CT molecular complexity index is 854. The first-order valence-corrected chi connectivity index (χ1v) is 10.5. The maximum atomic E-state index is 13.2. The predicted octanol–water partition coefficient (Wildman–Crippen LogP) is 2.00. The summed E-state index contributed by atoms with van der Waals surface area (Å²) < 4.78 is 1.87. The number of carbonyl (C=O) groups is 1. The second kappa shape index (κ2) is 7.79. The van der Waals surface area contributed by atoms with E-state index in [9.17, 15) is 4.79 Å². The Hall–Kier alpha value is -1.99. The Morgan fingerprint density at radius 2 is 2.00 bits per heavy atom. The largest absolute Gasteiger partial charge is 0.337 e. The Morgan fingerprint density at radius 3 is 2.71 bits per heavy atom. The van der Waals surface area contributed by atoms with Crippen molar-refractivity contribution in [1.29, 1.82) is 0 Å². The van der Waals surface area contributed by atoms with Gasteiger partial charge in [-0.1, -0.05) is 0 Å². The Labute approximate surface area is 167 Å². The molecule has 0 N–H and O–H groups in total. The molecule has 7 heteroatoms. The quantitative estimate of drug-likeness (QED) is 0.807. The Balaban J connectivity index is 1.46. The van der Waals surface area contributed by atoms with Gasteiger partial charge in [-0.2, -0.15) is 5.10 Å². The fourth-order valence-corrected chi connectivity index (χ4v) is 4.68. The SMILES string of the molecule is CCn1ncc2cc(C(=O)N(C)[C@H]3CCN(C4CCN(C)CC4)C3)c(C)nc21. The summed E-state index contributed by atoms with van der Waals surface area (Å²) in [6.45, 7) is 9.18. The number of fused-ring (bicyclic) bond motifs is 1. The zero-order chi connectivity index (χ0) is 19.8. The maximum absolute atomic E-state index is 13.2. The molecule has 0 aromatic carbocycles. The number of likely N-dealkylation sites (N-methyl/N-ethyl adjacent to an activating group) is 1. The summed E-state index contributed by atoms with van der Waals surface area (Å²) >= 11 is 0. The Morgan fingerprint density at radius 1 is 1.25 bits per heavy atom. The molecule has 0 spiro atoms. The van der Waals surface area contributed by atoms with Crippen LogP contribution < -0.4 is 0 Å². The summed E-state index contributed by atoms with van der Waals surface area (Å²) in [7, 11) is 4.15. The van der Waals surface area contributed by atoms with Gasteiger partial charge in [0.1, 0.15) is 0 Å². The highest BCUT2D eigenvalue weighted by Gasteiger charge is 2.34. The van der Waals surface area contributed by atoms with E-state index in [-0.39, 0.29) is 11.9 Å². The zero-order valence-corrected chi connectivity index (χ0v) is 17.6. The second-order valence-electron chi connectivity index (χ2n) is 8.38. The molecule has 0 unspecified atom stereocenters. The number of hydrogen-bond donors (Lipinski definition) is 0. The van der Waals surface area contributed by atoms with E-state index in [2.05, 4.69) is 26.9 Å². The number of amides is 1. The number of carbonyl (C=O) groups excluding carboxylic acids is 1. The summed E-state index contributed by atoms with van der Waals surface area (Å²) in [5, 5.41) is 5.30. The average Bonchev–Trinajstić information content (AvgIpc) is 3.33. The van der Waals surface area contributed by atoms with Crippen LogP contribution in [0.3, 0.4) is 0 Å². The highest BCUT2D eigenvalue weighted by molar-refractivity contribution is 5.98. The number of piperidine rings is 1. The van der Waals surface area contributed by atoms with Gasteiger partial charge >= 0.3 is 0 Å². The van der Waals surface area contributed by atoms with Gasteiger partial charge in [0.05, 0.1) is 17.5 Å². The van der Waals surface area contributed by atoms with Gasteiger partial charge in [0.15, 0.2) is 5.65 Å². The molecule has 2 saturated heterocycles. The summed E-state index contributed by atoms with van der Waals surface area (Å²) in [5.41, 5.74) is 2.33. The average molecular weight is 385 g/mol. The van der Waals surface area contributed by atoms with E-state index in [1.165, 1.54) is 25.9 Å². The van der Waals surface area contributed by atoms with Crippen LogP contribution in [0.1, 0.15) is 42.2 Å². The maximum Gasteiger partial charge on any atom is 0.255 e. The second-order valence-corrected chi connectivity index (χ2v) is 8.38. The molecule has 4 heterocycles. The fourth-order valence-electron chi connectivity index (χ4n) is 4.68. The molecule has 1 atom stereocenters. The van der Waals surface area contributed by atoms with Gasteiger partial charge in [-0.15, -0.1) is 0 Å². The number of aryl methyl sites for hydroxylation is 2. The lowest BCUT2D eigenvalue weighted by Gasteiger charge is -2.35. The normalized spacial score (nSPS) is 22.2. The van der Waals surface area contributed by atoms with Crippen LogP contribution in [0.25, 0.3) is 11.0 Å². The molecule has 1 amide bonds. The fraction of sp³-hybridized carbons (Fsp3) is 0.667. The van der Waals surface area contributed by atoms with E-state index in [0.29, 0.717) is 11.6 Å². The molecule has 2 aliphatic heterocycles. The van der Waals surface area contributed by atoms with Crippen molar-refractivity contribution in [1.82, 2.24) is 29.5 Å². The summed E-state index contributed by atoms with van der Waals surface area (Å²) in [5.74, 6) is 0.0753. The summed E-state index contributed by atoms with van der Waals surface area (Å²) in [6, 6.07) is 2.91. The van der Waals surface area contributed by atoms with Gasteiger partial charge in [0.2, 0.25) is 0 Å². The van der Waals surface area contributed by atoms with Crippen molar-refractivity contribution in [2.45, 2.75) is 51.7 Å². The van der Waals surface area contributed by atoms with Crippen molar-refractivity contribution < 1.29 is 4.79 Å². The van der Waals surface area contributed by atoms with Gasteiger partial charge in [-0.3, -0.25) is 9.69 Å². The van der Waals surface area contributed by atoms with Gasteiger partial charge in [-0.25, -0.2) is 9.67 Å². The van der Waals surface area contributed by atoms with Crippen molar-refractivity contribution in [3.8, 4) is 0 Å². The lowest BCUT2D eigenvalue weighted by molar-refractivity contribution is 0.0720. The van der Waals surface area contributed by atoms with E-state index in [1.54, 1.807) is 6.20 Å². The highest BCUT2D eigenvalue weighted by atomic mass is 16.2. The van der Waals surface area contributed by atoms with Gasteiger partial charge in [0.25, 0.3) is 5.91 Å². The van der Waals surface area contributed by atoms with Crippen LogP contribution >= 0.6 is 0 Å². The number of likely N-dealkylation sites (tertiary alicyclic amines) is 2. The third-order valence-electron chi connectivity index (χ3n) is 6.60. The molecular weight excluding hydrogens is 352 g/mol. The molecule has 2 aliphatic rings. The first-order chi connectivity index (χ1) is 13.5. The van der Waals surface area contributed by atoms with Gasteiger partial charge < -0.3 is 9.80 Å². The van der Waals surface area contributed by atoms with Crippen molar-refractivity contribution in [3.05, 3.63) is 23.5 Å². The van der Waals surface area contributed by atoms with E-state index in [0.717, 1.165) is 42.8 Å². The van der Waals surface area contributed by atoms with E-state index in [4.69, 9.17) is 0 Å². The van der Waals surface area contributed by atoms with E-state index in [1.807, 2.05) is 36.5 Å². The molecule has 152 valence electrons. The van der Waals surface area contributed by atoms with Gasteiger partial charge in [0, 0.05) is 44.2 Å². The van der Waals surface area contributed by atoms with Crippen LogP contribution in [0.5, 0.6) is 0 Å². The number of rotatable bonds is 4. The van der Waals surface area contributed by atoms with Crippen LogP contribution in [0.15, 0.2) is 12.3 Å². The molecule has 4 rings (SSSR count). The van der Waals surface area contributed by atoms with Crippen LogP contribution in [0.2, 0.25) is 0 Å². The first-order valence-electron chi connectivity index (χ1n) is 10.5. The minimum Gasteiger partial charge on any atom is -0.337 e. The van der Waals surface area contributed by atoms with Crippen LogP contribution in [0, 0.1) is 6.92 Å². The monoisotopic (exact) mass is 384 g/mol. The molecule has 28 heavy (non-hydrogen) atoms. The predicted molar refractivity (Wildman–Crippen MR) is 111 cm³/mol. The lowest BCUT2D eigenvalue weighted by atomic mass is 10.0. The summed E-state index contributed by atoms with van der Waals surface area (Å²) in [6.07, 6.45) is 5.33. The molecule has 2 fully saturated rings. The minimum absolute atomic E-state index is 0.0753. The molecule has 2 aromatic heterocycles. The van der Waals surface area contributed by atoms with Crippen molar-refractivity contribution in [2.75, 3.05) is 40.3 Å². The van der Waals surface area contributed by atoms with Crippen molar-refractivity contribution in [3.63, 3.8) is 0 Å². The molecular formula is C21H32N6O. The van der Waals surface area contributed by atoms with Crippen molar-refractivity contribution in [2.24, 2.45) is 0 Å². The molecule has 0 aliphatic carbocycles. The number of hydrogen-bond acceptors (Lipinski definition) is 5.